The zero-order chi connectivity index (χ0) is 18.9. The van der Waals surface area contributed by atoms with Crippen LogP contribution >= 0.6 is 0 Å². The molecular weight excluding hydrogens is 362 g/mol. The third-order valence-corrected chi connectivity index (χ3v) is 6.50. The van der Waals surface area contributed by atoms with Crippen LogP contribution in [0, 0.1) is 10.1 Å². The lowest BCUT2D eigenvalue weighted by molar-refractivity contribution is -0.385. The molecule has 0 aromatic heterocycles. The van der Waals surface area contributed by atoms with Gasteiger partial charge in [-0.25, -0.2) is 13.8 Å². The summed E-state index contributed by atoms with van der Waals surface area (Å²) in [5, 5.41) is 10.9. The maximum atomic E-state index is 12.7. The Hall–Kier alpha value is -2.08. The van der Waals surface area contributed by atoms with E-state index in [9.17, 15) is 23.3 Å². The van der Waals surface area contributed by atoms with Crippen molar-refractivity contribution in [3.8, 4) is 0 Å². The molecule has 142 valence electrons. The van der Waals surface area contributed by atoms with Crippen molar-refractivity contribution >= 4 is 21.6 Å². The number of amides is 1. The van der Waals surface area contributed by atoms with Gasteiger partial charge in [-0.3, -0.25) is 20.3 Å². The predicted octanol–water partition coefficient (Wildman–Crippen LogP) is -0.317. The summed E-state index contributed by atoms with van der Waals surface area (Å²) in [7, 11) is -3.83. The summed E-state index contributed by atoms with van der Waals surface area (Å²) in [5.74, 6) is -0.0470. The molecule has 0 radical (unpaired) electrons. The van der Waals surface area contributed by atoms with Gasteiger partial charge in [-0.15, -0.1) is 0 Å². The average Bonchev–Trinajstić information content (AvgIpc) is 3.07. The normalized spacial score (nSPS) is 24.6. The minimum Gasteiger partial charge on any atom is -0.339 e. The Labute approximate surface area is 151 Å². The van der Waals surface area contributed by atoms with E-state index >= 15 is 0 Å². The van der Waals surface area contributed by atoms with Crippen LogP contribution in [0.15, 0.2) is 29.2 Å². The Morgan fingerprint density at radius 1 is 1.23 bits per heavy atom. The van der Waals surface area contributed by atoms with Gasteiger partial charge in [0.25, 0.3) is 5.69 Å². The third-order valence-electron chi connectivity index (χ3n) is 4.61. The van der Waals surface area contributed by atoms with Crippen molar-refractivity contribution in [3.05, 3.63) is 34.4 Å². The topological polar surface area (TPSA) is 125 Å². The van der Waals surface area contributed by atoms with Crippen LogP contribution in [0.3, 0.4) is 0 Å². The summed E-state index contributed by atoms with van der Waals surface area (Å²) in [6, 6.07) is 4.91. The number of carbonyl (C=O) groups excluding carboxylic acids is 1. The number of sulfonamides is 1. The van der Waals surface area contributed by atoms with Gasteiger partial charge in [0.15, 0.2) is 0 Å². The van der Waals surface area contributed by atoms with Gasteiger partial charge in [-0.05, 0) is 19.4 Å². The SMILES string of the molecule is CC1CC(C(=O)N2CCN(S(=O)(=O)c3cccc([N+](=O)[O-])c3)CC2)NN1. The van der Waals surface area contributed by atoms with E-state index in [1.165, 1.54) is 22.5 Å². The average molecular weight is 383 g/mol. The second kappa shape index (κ2) is 7.27. The number of hydrogen-bond donors (Lipinski definition) is 2. The van der Waals surface area contributed by atoms with Gasteiger partial charge in [0.05, 0.1) is 9.82 Å². The van der Waals surface area contributed by atoms with E-state index in [4.69, 9.17) is 0 Å². The number of rotatable bonds is 4. The van der Waals surface area contributed by atoms with Crippen molar-refractivity contribution in [2.24, 2.45) is 0 Å². The van der Waals surface area contributed by atoms with E-state index in [1.807, 2.05) is 6.92 Å². The Bertz CT molecular complexity index is 806. The van der Waals surface area contributed by atoms with E-state index in [2.05, 4.69) is 10.9 Å². The molecule has 3 rings (SSSR count). The molecule has 11 heteroatoms. The van der Waals surface area contributed by atoms with Gasteiger partial charge in [0.2, 0.25) is 15.9 Å². The standard InChI is InChI=1S/C15H21N5O5S/c1-11-9-14(17-16-11)15(21)18-5-7-19(8-6-18)26(24,25)13-4-2-3-12(10-13)20(22)23/h2-4,10-11,14,16-17H,5-9H2,1H3. The summed E-state index contributed by atoms with van der Waals surface area (Å²) in [6.45, 7) is 2.88. The molecule has 2 unspecified atom stereocenters. The van der Waals surface area contributed by atoms with E-state index < -0.39 is 14.9 Å². The molecular formula is C15H21N5O5S. The summed E-state index contributed by atoms with van der Waals surface area (Å²) < 4.78 is 26.7. The van der Waals surface area contributed by atoms with Crippen molar-refractivity contribution in [2.75, 3.05) is 26.2 Å². The number of benzene rings is 1. The molecule has 1 aromatic carbocycles. The van der Waals surface area contributed by atoms with Gasteiger partial charge in [-0.2, -0.15) is 4.31 Å². The van der Waals surface area contributed by atoms with E-state index in [1.54, 1.807) is 4.90 Å². The zero-order valence-corrected chi connectivity index (χ0v) is 15.1. The Morgan fingerprint density at radius 3 is 2.50 bits per heavy atom. The first-order valence-corrected chi connectivity index (χ1v) is 9.77. The van der Waals surface area contributed by atoms with Crippen LogP contribution < -0.4 is 10.9 Å². The molecule has 10 nitrogen and oxygen atoms in total. The highest BCUT2D eigenvalue weighted by Gasteiger charge is 2.35. The molecule has 2 atom stereocenters. The lowest BCUT2D eigenvalue weighted by Crippen LogP contribution is -2.54. The first-order valence-electron chi connectivity index (χ1n) is 8.33. The zero-order valence-electron chi connectivity index (χ0n) is 14.3. The highest BCUT2D eigenvalue weighted by Crippen LogP contribution is 2.22. The Morgan fingerprint density at radius 2 is 1.92 bits per heavy atom. The van der Waals surface area contributed by atoms with Gasteiger partial charge in [0, 0.05) is 44.4 Å². The molecule has 0 aliphatic carbocycles. The molecule has 1 amide bonds. The number of hydrazine groups is 1. The number of nitrogens with one attached hydrogen (secondary N) is 2. The fourth-order valence-electron chi connectivity index (χ4n) is 3.15. The minimum absolute atomic E-state index is 0.0470. The third kappa shape index (κ3) is 3.70. The first-order chi connectivity index (χ1) is 12.3. The second-order valence-corrected chi connectivity index (χ2v) is 8.40. The van der Waals surface area contributed by atoms with Crippen LogP contribution in [0.1, 0.15) is 13.3 Å². The van der Waals surface area contributed by atoms with Gasteiger partial charge in [0.1, 0.15) is 6.04 Å². The number of nitro groups is 1. The molecule has 2 aliphatic heterocycles. The van der Waals surface area contributed by atoms with E-state index in [-0.39, 0.29) is 41.7 Å². The maximum Gasteiger partial charge on any atom is 0.270 e. The van der Waals surface area contributed by atoms with Gasteiger partial charge < -0.3 is 4.90 Å². The highest BCUT2D eigenvalue weighted by atomic mass is 32.2. The van der Waals surface area contributed by atoms with Gasteiger partial charge in [-0.1, -0.05) is 6.07 Å². The molecule has 0 spiro atoms. The van der Waals surface area contributed by atoms with Crippen molar-refractivity contribution in [1.29, 1.82) is 0 Å². The second-order valence-electron chi connectivity index (χ2n) is 6.46. The number of nitro benzene ring substituents is 1. The van der Waals surface area contributed by atoms with Crippen molar-refractivity contribution in [3.63, 3.8) is 0 Å². The van der Waals surface area contributed by atoms with Crippen molar-refractivity contribution < 1.29 is 18.1 Å². The Balaban J connectivity index is 1.66. The maximum absolute atomic E-state index is 12.7. The quantitative estimate of drug-likeness (QED) is 0.539. The number of nitrogens with zero attached hydrogens (tertiary/aromatic N) is 3. The molecule has 0 bridgehead atoms. The van der Waals surface area contributed by atoms with Crippen molar-refractivity contribution in [2.45, 2.75) is 30.3 Å². The molecule has 2 fully saturated rings. The molecule has 0 saturated carbocycles. The number of hydrogen-bond acceptors (Lipinski definition) is 7. The fraction of sp³-hybridized carbons (Fsp3) is 0.533. The predicted molar refractivity (Wildman–Crippen MR) is 92.6 cm³/mol. The van der Waals surface area contributed by atoms with Crippen LogP contribution in [0.4, 0.5) is 5.69 Å². The number of non-ortho nitro benzene ring substituents is 1. The van der Waals surface area contributed by atoms with Crippen LogP contribution in [0.25, 0.3) is 0 Å². The lowest BCUT2D eigenvalue weighted by atomic mass is 10.1. The highest BCUT2D eigenvalue weighted by molar-refractivity contribution is 7.89. The summed E-state index contributed by atoms with van der Waals surface area (Å²) >= 11 is 0. The summed E-state index contributed by atoms with van der Waals surface area (Å²) in [4.78, 5) is 24.3. The van der Waals surface area contributed by atoms with Crippen LogP contribution in [-0.2, 0) is 14.8 Å². The summed E-state index contributed by atoms with van der Waals surface area (Å²) in [5.41, 5.74) is 5.68. The molecule has 2 heterocycles. The largest absolute Gasteiger partial charge is 0.339 e. The van der Waals surface area contributed by atoms with Gasteiger partial charge >= 0.3 is 0 Å². The van der Waals surface area contributed by atoms with Crippen LogP contribution in [0.2, 0.25) is 0 Å². The molecule has 2 N–H and O–H groups in total. The lowest BCUT2D eigenvalue weighted by Gasteiger charge is -2.35. The smallest absolute Gasteiger partial charge is 0.270 e. The molecule has 26 heavy (non-hydrogen) atoms. The number of carbonyl (C=O) groups is 1. The summed E-state index contributed by atoms with van der Waals surface area (Å²) in [6.07, 6.45) is 0.686. The fourth-order valence-corrected chi connectivity index (χ4v) is 4.62. The van der Waals surface area contributed by atoms with E-state index in [0.717, 1.165) is 6.07 Å². The van der Waals surface area contributed by atoms with Crippen LogP contribution in [0.5, 0.6) is 0 Å². The number of piperazine rings is 1. The first kappa shape index (κ1) is 18.7. The molecule has 2 saturated heterocycles. The molecule has 1 aromatic rings. The van der Waals surface area contributed by atoms with Crippen molar-refractivity contribution in [1.82, 2.24) is 20.1 Å². The minimum atomic E-state index is -3.83. The molecule has 2 aliphatic rings. The van der Waals surface area contributed by atoms with E-state index in [0.29, 0.717) is 19.5 Å². The van der Waals surface area contributed by atoms with Crippen LogP contribution in [-0.4, -0.2) is 66.7 Å². The Kier molecular flexibility index (Phi) is 5.23. The monoisotopic (exact) mass is 383 g/mol.